The molecule has 1 rings (SSSR count). The molecule has 54 valence electrons. The molecular formula is C6H6BF3. The van der Waals surface area contributed by atoms with E-state index in [9.17, 15) is 12.9 Å². The third kappa shape index (κ3) is 1.53. The number of hydrogen-bond donors (Lipinski definition) is 0. The zero-order chi connectivity index (χ0) is 7.61. The fourth-order valence-electron chi connectivity index (χ4n) is 0.671. The number of rotatable bonds is 1. The molecule has 0 nitrogen and oxygen atoms in total. The minimum absolute atomic E-state index is 0. The number of benzene rings is 1. The SMILES string of the molecule is F[B-](F)(F)c1ccccc1.[H+]. The van der Waals surface area contributed by atoms with Crippen LogP contribution in [0.3, 0.4) is 0 Å². The lowest BCUT2D eigenvalue weighted by Crippen LogP contribution is -2.33. The van der Waals surface area contributed by atoms with Crippen LogP contribution in [0.15, 0.2) is 30.3 Å². The van der Waals surface area contributed by atoms with Crippen molar-refractivity contribution in [3.63, 3.8) is 0 Å². The molecule has 0 aliphatic carbocycles. The second kappa shape index (κ2) is 2.36. The molecule has 0 aliphatic heterocycles. The van der Waals surface area contributed by atoms with Gasteiger partial charge >= 0.3 is 8.40 Å². The van der Waals surface area contributed by atoms with Crippen molar-refractivity contribution in [2.24, 2.45) is 0 Å². The van der Waals surface area contributed by atoms with E-state index in [2.05, 4.69) is 0 Å². The van der Waals surface area contributed by atoms with Gasteiger partial charge in [0.05, 0.1) is 0 Å². The Kier molecular flexibility index (Phi) is 1.70. The van der Waals surface area contributed by atoms with Crippen LogP contribution in [0, 0.1) is 0 Å². The van der Waals surface area contributed by atoms with Gasteiger partial charge in [0.25, 0.3) is 0 Å². The van der Waals surface area contributed by atoms with Crippen LogP contribution >= 0.6 is 0 Å². The Balaban J connectivity index is 0.000001000. The smallest absolute Gasteiger partial charge is 0.445 e. The van der Waals surface area contributed by atoms with Crippen molar-refractivity contribution in [1.82, 2.24) is 0 Å². The second-order valence-corrected chi connectivity index (χ2v) is 1.99. The largest absolute Gasteiger partial charge is 1.00 e. The normalized spacial score (nSPS) is 11.5. The van der Waals surface area contributed by atoms with Crippen molar-refractivity contribution in [3.05, 3.63) is 30.3 Å². The quantitative estimate of drug-likeness (QED) is 0.530. The van der Waals surface area contributed by atoms with E-state index in [1.807, 2.05) is 0 Å². The Morgan fingerprint density at radius 1 is 1.00 bits per heavy atom. The lowest BCUT2D eigenvalue weighted by molar-refractivity contribution is 0.501. The second-order valence-electron chi connectivity index (χ2n) is 1.99. The molecule has 0 aliphatic rings. The number of halogens is 3. The van der Waals surface area contributed by atoms with Crippen LogP contribution in [0.4, 0.5) is 12.9 Å². The molecule has 0 saturated heterocycles. The monoisotopic (exact) mass is 146 g/mol. The summed E-state index contributed by atoms with van der Waals surface area (Å²) in [6, 6.07) is 6.46. The molecule has 4 heteroatoms. The Morgan fingerprint density at radius 2 is 1.50 bits per heavy atom. The summed E-state index contributed by atoms with van der Waals surface area (Å²) in [6.45, 7) is -4.80. The minimum atomic E-state index is -4.80. The van der Waals surface area contributed by atoms with Crippen molar-refractivity contribution in [2.75, 3.05) is 0 Å². The summed E-state index contributed by atoms with van der Waals surface area (Å²) in [7, 11) is 0. The molecule has 0 radical (unpaired) electrons. The fourth-order valence-corrected chi connectivity index (χ4v) is 0.671. The van der Waals surface area contributed by atoms with Crippen LogP contribution in [-0.4, -0.2) is 6.98 Å². The lowest BCUT2D eigenvalue weighted by Gasteiger charge is -2.13. The lowest BCUT2D eigenvalue weighted by atomic mass is 9.80. The van der Waals surface area contributed by atoms with E-state index in [0.717, 1.165) is 12.1 Å². The van der Waals surface area contributed by atoms with Gasteiger partial charge in [-0.15, -0.1) is 5.46 Å². The van der Waals surface area contributed by atoms with Gasteiger partial charge < -0.3 is 12.9 Å². The van der Waals surface area contributed by atoms with Crippen molar-refractivity contribution in [2.45, 2.75) is 0 Å². The highest BCUT2D eigenvalue weighted by Crippen LogP contribution is 2.07. The maximum atomic E-state index is 11.9. The summed E-state index contributed by atoms with van der Waals surface area (Å²) in [5.74, 6) is 0. The molecule has 1 aromatic carbocycles. The predicted octanol–water partition coefficient (Wildman–Crippen LogP) is 1.85. The molecule has 0 bridgehead atoms. The summed E-state index contributed by atoms with van der Waals surface area (Å²) < 4.78 is 35.6. The maximum Gasteiger partial charge on any atom is 1.00 e. The molecule has 0 N–H and O–H groups in total. The maximum absolute atomic E-state index is 11.9. The highest BCUT2D eigenvalue weighted by atomic mass is 19.4. The van der Waals surface area contributed by atoms with Crippen molar-refractivity contribution in [1.29, 1.82) is 0 Å². The molecule has 0 atom stereocenters. The Morgan fingerprint density at radius 3 is 1.80 bits per heavy atom. The average Bonchev–Trinajstić information content (AvgIpc) is 1.88. The van der Waals surface area contributed by atoms with Gasteiger partial charge in [-0.25, -0.2) is 0 Å². The third-order valence-corrected chi connectivity index (χ3v) is 1.18. The van der Waals surface area contributed by atoms with E-state index >= 15 is 0 Å². The summed E-state index contributed by atoms with van der Waals surface area (Å²) in [6.07, 6.45) is 0. The van der Waals surface area contributed by atoms with Crippen LogP contribution in [0.25, 0.3) is 0 Å². The van der Waals surface area contributed by atoms with Gasteiger partial charge in [0.1, 0.15) is 0 Å². The fraction of sp³-hybridized carbons (Fsp3) is 0. The minimum Gasteiger partial charge on any atom is -0.445 e. The molecule has 10 heavy (non-hydrogen) atoms. The Hall–Kier alpha value is -0.925. The van der Waals surface area contributed by atoms with E-state index < -0.39 is 12.4 Å². The molecule has 0 aromatic heterocycles. The van der Waals surface area contributed by atoms with E-state index in [1.165, 1.54) is 12.1 Å². The summed E-state index contributed by atoms with van der Waals surface area (Å²) in [5.41, 5.74) is -0.539. The van der Waals surface area contributed by atoms with Gasteiger partial charge in [-0.1, -0.05) is 30.3 Å². The Bertz CT molecular complexity index is 209. The summed E-state index contributed by atoms with van der Waals surface area (Å²) >= 11 is 0. The Labute approximate surface area is 58.2 Å². The molecule has 0 amide bonds. The van der Waals surface area contributed by atoms with Gasteiger partial charge in [0.15, 0.2) is 0 Å². The molecule has 0 spiro atoms. The molecule has 0 unspecified atom stereocenters. The zero-order valence-electron chi connectivity index (χ0n) is 6.10. The van der Waals surface area contributed by atoms with Crippen molar-refractivity contribution < 1.29 is 14.4 Å². The first-order valence-electron chi connectivity index (χ1n) is 2.85. The van der Waals surface area contributed by atoms with Crippen LogP contribution in [-0.2, 0) is 0 Å². The van der Waals surface area contributed by atoms with Crippen LogP contribution < -0.4 is 5.46 Å². The van der Waals surface area contributed by atoms with Gasteiger partial charge in [0, 0.05) is 0 Å². The number of hydrogen-bond acceptors (Lipinski definition) is 0. The molecule has 0 heterocycles. The topological polar surface area (TPSA) is 0 Å². The molecule has 1 aromatic rings. The van der Waals surface area contributed by atoms with Crippen molar-refractivity contribution >= 4 is 12.4 Å². The highest BCUT2D eigenvalue weighted by molar-refractivity contribution is 6.73. The van der Waals surface area contributed by atoms with Gasteiger partial charge in [0.2, 0.25) is 0 Å². The van der Waals surface area contributed by atoms with Crippen LogP contribution in [0.2, 0.25) is 0 Å². The first-order chi connectivity index (χ1) is 4.61. The average molecular weight is 146 g/mol. The van der Waals surface area contributed by atoms with E-state index in [-0.39, 0.29) is 1.43 Å². The highest BCUT2D eigenvalue weighted by Gasteiger charge is 2.24. The summed E-state index contributed by atoms with van der Waals surface area (Å²) in [5, 5.41) is 0. The van der Waals surface area contributed by atoms with E-state index in [4.69, 9.17) is 0 Å². The first kappa shape index (κ1) is 7.19. The molecule has 0 fully saturated rings. The zero-order valence-corrected chi connectivity index (χ0v) is 5.10. The van der Waals surface area contributed by atoms with E-state index in [0.29, 0.717) is 0 Å². The molecular weight excluding hydrogens is 140 g/mol. The van der Waals surface area contributed by atoms with E-state index in [1.54, 1.807) is 6.07 Å². The van der Waals surface area contributed by atoms with Crippen LogP contribution in [0.5, 0.6) is 0 Å². The third-order valence-electron chi connectivity index (χ3n) is 1.18. The molecule has 0 saturated carbocycles. The van der Waals surface area contributed by atoms with Crippen LogP contribution in [0.1, 0.15) is 1.43 Å². The first-order valence-corrected chi connectivity index (χ1v) is 2.85. The summed E-state index contributed by atoms with van der Waals surface area (Å²) in [4.78, 5) is 0. The van der Waals surface area contributed by atoms with Gasteiger partial charge in [-0.3, -0.25) is 0 Å². The van der Waals surface area contributed by atoms with Gasteiger partial charge in [-0.2, -0.15) is 0 Å². The standard InChI is InChI=1S/C6H5BF3/c8-7(9,10)6-4-2-1-3-5-6/h1-5H/q-1/p+1. The van der Waals surface area contributed by atoms with Crippen molar-refractivity contribution in [3.8, 4) is 0 Å². The predicted molar refractivity (Wildman–Crippen MR) is 36.3 cm³/mol. The van der Waals surface area contributed by atoms with Gasteiger partial charge in [-0.05, 0) is 0 Å².